The monoisotopic (exact) mass is 555 g/mol. The predicted molar refractivity (Wildman–Crippen MR) is 156 cm³/mol. The molecule has 2 unspecified atom stereocenters. The van der Waals surface area contributed by atoms with Gasteiger partial charge in [-0.2, -0.15) is 0 Å². The lowest BCUT2D eigenvalue weighted by Crippen LogP contribution is -2.54. The number of rotatable bonds is 15. The molecule has 0 saturated heterocycles. The van der Waals surface area contributed by atoms with Crippen LogP contribution in [0.5, 0.6) is 5.75 Å². The highest BCUT2D eigenvalue weighted by molar-refractivity contribution is 5.99. The Bertz CT molecular complexity index is 1050. The zero-order valence-electron chi connectivity index (χ0n) is 24.4. The molecule has 2 aromatic carbocycles. The Hall–Kier alpha value is -3.59. The number of nitrogens with zero attached hydrogens (tertiary/aromatic N) is 1. The largest absolute Gasteiger partial charge is 0.497 e. The van der Waals surface area contributed by atoms with Crippen LogP contribution in [0.4, 0.5) is 10.5 Å². The van der Waals surface area contributed by atoms with Gasteiger partial charge in [0.25, 0.3) is 5.91 Å². The number of hydrogen-bond donors (Lipinski definition) is 3. The summed E-state index contributed by atoms with van der Waals surface area (Å²) < 4.78 is 10.5. The molecule has 0 aromatic heterocycles. The van der Waals surface area contributed by atoms with Gasteiger partial charge in [0, 0.05) is 12.2 Å². The molecule has 0 aliphatic rings. The molecule has 0 radical (unpaired) electrons. The first-order valence-electron chi connectivity index (χ1n) is 14.0. The maximum Gasteiger partial charge on any atom is 0.408 e. The van der Waals surface area contributed by atoms with Crippen molar-refractivity contribution >= 4 is 23.6 Å². The van der Waals surface area contributed by atoms with Crippen LogP contribution in [0.3, 0.4) is 0 Å². The highest BCUT2D eigenvalue weighted by Crippen LogP contribution is 2.26. The Balaban J connectivity index is 2.38. The summed E-state index contributed by atoms with van der Waals surface area (Å²) >= 11 is 0. The SMILES string of the molecule is CCCCCCCCN(C(=O)C(CO)NC(=O)OC(C)(C)C)C(C(=O)Nc1ccc(OC)cc1)c1ccccc1. The van der Waals surface area contributed by atoms with E-state index in [1.807, 2.05) is 6.07 Å². The molecule has 0 spiro atoms. The molecule has 40 heavy (non-hydrogen) atoms. The zero-order valence-corrected chi connectivity index (χ0v) is 24.4. The Kier molecular flexibility index (Phi) is 13.5. The zero-order chi connectivity index (χ0) is 29.5. The summed E-state index contributed by atoms with van der Waals surface area (Å²) in [7, 11) is 1.56. The molecule has 3 N–H and O–H groups in total. The van der Waals surface area contributed by atoms with Crippen molar-refractivity contribution in [2.45, 2.75) is 83.9 Å². The summed E-state index contributed by atoms with van der Waals surface area (Å²) in [6.07, 6.45) is 5.12. The maximum atomic E-state index is 13.9. The van der Waals surface area contributed by atoms with Gasteiger partial charge in [-0.05, 0) is 57.0 Å². The highest BCUT2D eigenvalue weighted by Gasteiger charge is 2.36. The van der Waals surface area contributed by atoms with Crippen LogP contribution in [-0.2, 0) is 14.3 Å². The van der Waals surface area contributed by atoms with Gasteiger partial charge >= 0.3 is 6.09 Å². The average Bonchev–Trinajstić information content (AvgIpc) is 2.92. The number of aliphatic hydroxyl groups excluding tert-OH is 1. The van der Waals surface area contributed by atoms with Gasteiger partial charge in [-0.3, -0.25) is 9.59 Å². The van der Waals surface area contributed by atoms with Crippen LogP contribution in [-0.4, -0.2) is 59.8 Å². The number of amides is 3. The van der Waals surface area contributed by atoms with Crippen molar-refractivity contribution in [1.29, 1.82) is 0 Å². The van der Waals surface area contributed by atoms with Gasteiger partial charge in [0.05, 0.1) is 13.7 Å². The molecule has 9 heteroatoms. The van der Waals surface area contributed by atoms with Crippen LogP contribution in [0.1, 0.15) is 77.8 Å². The quantitative estimate of drug-likeness (QED) is 0.252. The fourth-order valence-corrected chi connectivity index (χ4v) is 4.26. The van der Waals surface area contributed by atoms with Crippen molar-refractivity contribution in [3.8, 4) is 5.75 Å². The van der Waals surface area contributed by atoms with Gasteiger partial charge in [0.1, 0.15) is 23.4 Å². The molecule has 9 nitrogen and oxygen atoms in total. The smallest absolute Gasteiger partial charge is 0.408 e. The lowest BCUT2D eigenvalue weighted by Gasteiger charge is -2.34. The first kappa shape index (κ1) is 32.6. The maximum absolute atomic E-state index is 13.9. The van der Waals surface area contributed by atoms with E-state index in [0.29, 0.717) is 23.4 Å². The molecule has 0 aliphatic heterocycles. The number of alkyl carbamates (subject to hydrolysis) is 1. The molecule has 2 rings (SSSR count). The van der Waals surface area contributed by atoms with Gasteiger partial charge < -0.3 is 30.1 Å². The van der Waals surface area contributed by atoms with Crippen molar-refractivity contribution in [2.75, 3.05) is 25.6 Å². The fraction of sp³-hybridized carbons (Fsp3) is 0.516. The van der Waals surface area contributed by atoms with E-state index in [9.17, 15) is 19.5 Å². The standard InChI is InChI=1S/C31H45N3O6/c1-6-7-8-9-10-14-21-34(29(37)26(22-35)33-30(38)40-31(2,3)4)27(23-15-12-11-13-16-23)28(36)32-24-17-19-25(39-5)20-18-24/h11-13,15-20,26-27,35H,6-10,14,21-22H2,1-5H3,(H,32,36)(H,33,38). The lowest BCUT2D eigenvalue weighted by molar-refractivity contribution is -0.141. The number of hydrogen-bond acceptors (Lipinski definition) is 6. The van der Waals surface area contributed by atoms with Crippen LogP contribution < -0.4 is 15.4 Å². The molecule has 0 bridgehead atoms. The number of nitrogens with one attached hydrogen (secondary N) is 2. The number of carbonyl (C=O) groups excluding carboxylic acids is 3. The minimum absolute atomic E-state index is 0.271. The summed E-state index contributed by atoms with van der Waals surface area (Å²) in [5.41, 5.74) is 0.377. The second kappa shape index (κ2) is 16.5. The third kappa shape index (κ3) is 10.9. The summed E-state index contributed by atoms with van der Waals surface area (Å²) in [4.78, 5) is 41.6. The molecule has 0 heterocycles. The van der Waals surface area contributed by atoms with Crippen molar-refractivity contribution in [2.24, 2.45) is 0 Å². The molecule has 0 aliphatic carbocycles. The Morgan fingerprint density at radius 1 is 0.925 bits per heavy atom. The number of benzene rings is 2. The average molecular weight is 556 g/mol. The summed E-state index contributed by atoms with van der Waals surface area (Å²) in [5.74, 6) is -0.332. The summed E-state index contributed by atoms with van der Waals surface area (Å²) in [6.45, 7) is 6.91. The number of carbonyl (C=O) groups is 3. The first-order valence-corrected chi connectivity index (χ1v) is 14.0. The highest BCUT2D eigenvalue weighted by atomic mass is 16.6. The van der Waals surface area contributed by atoms with E-state index in [4.69, 9.17) is 9.47 Å². The molecule has 0 saturated carbocycles. The Morgan fingerprint density at radius 2 is 1.55 bits per heavy atom. The number of ether oxygens (including phenoxy) is 2. The molecule has 2 aromatic rings. The minimum Gasteiger partial charge on any atom is -0.497 e. The summed E-state index contributed by atoms with van der Waals surface area (Å²) in [5, 5.41) is 15.5. The van der Waals surface area contributed by atoms with Crippen LogP contribution in [0.2, 0.25) is 0 Å². The van der Waals surface area contributed by atoms with Crippen molar-refractivity contribution in [1.82, 2.24) is 10.2 Å². The second-order valence-electron chi connectivity index (χ2n) is 10.7. The number of methoxy groups -OCH3 is 1. The molecule has 220 valence electrons. The first-order chi connectivity index (χ1) is 19.1. The molecular weight excluding hydrogens is 510 g/mol. The second-order valence-corrected chi connectivity index (χ2v) is 10.7. The van der Waals surface area contributed by atoms with Crippen molar-refractivity contribution in [3.05, 3.63) is 60.2 Å². The molecule has 3 amide bonds. The van der Waals surface area contributed by atoms with Crippen LogP contribution in [0.15, 0.2) is 54.6 Å². The molecule has 2 atom stereocenters. The van der Waals surface area contributed by atoms with Crippen molar-refractivity contribution < 1.29 is 29.0 Å². The van der Waals surface area contributed by atoms with Gasteiger partial charge in [0.15, 0.2) is 0 Å². The van der Waals surface area contributed by atoms with Gasteiger partial charge in [0.2, 0.25) is 5.91 Å². The third-order valence-corrected chi connectivity index (χ3v) is 6.24. The van der Waals surface area contributed by atoms with E-state index < -0.39 is 42.2 Å². The van der Waals surface area contributed by atoms with Crippen LogP contribution in [0.25, 0.3) is 0 Å². The number of unbranched alkanes of at least 4 members (excludes halogenated alkanes) is 5. The summed E-state index contributed by atoms with van der Waals surface area (Å²) in [6, 6.07) is 13.6. The van der Waals surface area contributed by atoms with E-state index in [-0.39, 0.29) is 6.54 Å². The van der Waals surface area contributed by atoms with E-state index in [1.165, 1.54) is 4.90 Å². The minimum atomic E-state index is -1.28. The van der Waals surface area contributed by atoms with Crippen LogP contribution >= 0.6 is 0 Å². The van der Waals surface area contributed by atoms with E-state index >= 15 is 0 Å². The predicted octanol–water partition coefficient (Wildman–Crippen LogP) is 5.45. The van der Waals surface area contributed by atoms with Crippen molar-refractivity contribution in [3.63, 3.8) is 0 Å². The lowest BCUT2D eigenvalue weighted by atomic mass is 10.0. The van der Waals surface area contributed by atoms with E-state index in [2.05, 4.69) is 17.6 Å². The molecular formula is C31H45N3O6. The fourth-order valence-electron chi connectivity index (χ4n) is 4.26. The van der Waals surface area contributed by atoms with Crippen LogP contribution in [0, 0.1) is 0 Å². The molecule has 0 fully saturated rings. The number of aliphatic hydroxyl groups is 1. The number of anilines is 1. The van der Waals surface area contributed by atoms with Gasteiger partial charge in [-0.1, -0.05) is 69.4 Å². The van der Waals surface area contributed by atoms with E-state index in [1.54, 1.807) is 76.4 Å². The third-order valence-electron chi connectivity index (χ3n) is 6.24. The normalized spacial score (nSPS) is 12.7. The van der Waals surface area contributed by atoms with E-state index in [0.717, 1.165) is 32.1 Å². The van der Waals surface area contributed by atoms with Gasteiger partial charge in [-0.25, -0.2) is 4.79 Å². The Labute approximate surface area is 238 Å². The topological polar surface area (TPSA) is 117 Å². The Morgan fingerprint density at radius 3 is 2.12 bits per heavy atom. The van der Waals surface area contributed by atoms with Gasteiger partial charge in [-0.15, -0.1) is 0 Å².